The van der Waals surface area contributed by atoms with Gasteiger partial charge in [-0.1, -0.05) is 0 Å². The highest BCUT2D eigenvalue weighted by Crippen LogP contribution is 2.23. The van der Waals surface area contributed by atoms with E-state index in [4.69, 9.17) is 5.73 Å². The van der Waals surface area contributed by atoms with Gasteiger partial charge in [0, 0.05) is 29.7 Å². The highest BCUT2D eigenvalue weighted by atomic mass is 19.1. The van der Waals surface area contributed by atoms with E-state index in [1.54, 1.807) is 23.7 Å². The molecule has 0 saturated heterocycles. The Bertz CT molecular complexity index is 780. The Kier molecular flexibility index (Phi) is 2.45. The molecule has 3 aromatic rings. The fourth-order valence-electron chi connectivity index (χ4n) is 1.94. The van der Waals surface area contributed by atoms with Gasteiger partial charge in [0.15, 0.2) is 23.1 Å². The molecule has 3 heterocycles. The summed E-state index contributed by atoms with van der Waals surface area (Å²) in [5.41, 5.74) is 7.23. The van der Waals surface area contributed by atoms with Crippen LogP contribution in [0.1, 0.15) is 5.69 Å². The summed E-state index contributed by atoms with van der Waals surface area (Å²) in [6.45, 7) is 1.77. The first-order valence-electron chi connectivity index (χ1n) is 5.61. The Morgan fingerprint density at radius 2 is 1.84 bits per heavy atom. The number of fused-ring (bicyclic) bond motifs is 1. The second-order valence-corrected chi connectivity index (χ2v) is 4.28. The van der Waals surface area contributed by atoms with Gasteiger partial charge in [0.05, 0.1) is 5.69 Å². The van der Waals surface area contributed by atoms with Gasteiger partial charge in [-0.25, -0.2) is 18.7 Å². The van der Waals surface area contributed by atoms with E-state index in [2.05, 4.69) is 9.97 Å². The van der Waals surface area contributed by atoms with E-state index in [1.807, 2.05) is 0 Å². The number of aryl methyl sites for hydroxylation is 1. The molecule has 0 bridgehead atoms. The van der Waals surface area contributed by atoms with Gasteiger partial charge in [-0.2, -0.15) is 0 Å². The number of imidazole rings is 1. The molecule has 96 valence electrons. The number of nitrogens with zero attached hydrogens (tertiary/aromatic N) is 3. The number of nitrogen functional groups attached to an aromatic ring is 1. The van der Waals surface area contributed by atoms with Gasteiger partial charge in [-0.3, -0.25) is 0 Å². The molecule has 0 aliphatic heterocycles. The van der Waals surface area contributed by atoms with Gasteiger partial charge < -0.3 is 10.1 Å². The molecule has 0 saturated carbocycles. The lowest BCUT2D eigenvalue weighted by molar-refractivity contribution is 0.626. The smallest absolute Gasteiger partial charge is 0.173 e. The standard InChI is InChI=1S/C13H10F2N4/c1-7-5-19-6-9(3-11(15)13(19)18-7)8-2-10(14)12(16)17-4-8/h2-6H,1H3,(H2,16,17). The van der Waals surface area contributed by atoms with Crippen LogP contribution in [-0.4, -0.2) is 14.4 Å². The molecular formula is C13H10F2N4. The molecule has 3 aromatic heterocycles. The van der Waals surface area contributed by atoms with Crippen LogP contribution in [0, 0.1) is 18.6 Å². The monoisotopic (exact) mass is 260 g/mol. The van der Waals surface area contributed by atoms with E-state index in [-0.39, 0.29) is 11.5 Å². The average molecular weight is 260 g/mol. The lowest BCUT2D eigenvalue weighted by Gasteiger charge is -2.04. The number of rotatable bonds is 1. The first-order chi connectivity index (χ1) is 9.04. The number of hydrogen-bond acceptors (Lipinski definition) is 3. The minimum Gasteiger partial charge on any atom is -0.381 e. The van der Waals surface area contributed by atoms with Crippen molar-refractivity contribution in [2.24, 2.45) is 0 Å². The molecule has 0 unspecified atom stereocenters. The zero-order chi connectivity index (χ0) is 13.6. The number of anilines is 1. The summed E-state index contributed by atoms with van der Waals surface area (Å²) in [4.78, 5) is 7.78. The molecular weight excluding hydrogens is 250 g/mol. The zero-order valence-electron chi connectivity index (χ0n) is 10.1. The molecule has 0 atom stereocenters. The summed E-state index contributed by atoms with van der Waals surface area (Å²) < 4.78 is 28.9. The third kappa shape index (κ3) is 1.91. The summed E-state index contributed by atoms with van der Waals surface area (Å²) in [6, 6.07) is 2.53. The van der Waals surface area contributed by atoms with Crippen molar-refractivity contribution < 1.29 is 8.78 Å². The number of aromatic nitrogens is 3. The average Bonchev–Trinajstić information content (AvgIpc) is 2.74. The van der Waals surface area contributed by atoms with E-state index in [0.29, 0.717) is 16.8 Å². The topological polar surface area (TPSA) is 56.2 Å². The van der Waals surface area contributed by atoms with E-state index in [0.717, 1.165) is 0 Å². The number of hydrogen-bond donors (Lipinski definition) is 1. The minimum absolute atomic E-state index is 0.177. The predicted molar refractivity (Wildman–Crippen MR) is 67.5 cm³/mol. The normalized spacial score (nSPS) is 11.1. The van der Waals surface area contributed by atoms with Crippen LogP contribution in [0.5, 0.6) is 0 Å². The van der Waals surface area contributed by atoms with Gasteiger partial charge in [-0.15, -0.1) is 0 Å². The predicted octanol–water partition coefficient (Wildman–Crippen LogP) is 2.57. The van der Waals surface area contributed by atoms with Crippen molar-refractivity contribution in [1.29, 1.82) is 0 Å². The third-order valence-corrected chi connectivity index (χ3v) is 2.83. The second-order valence-electron chi connectivity index (χ2n) is 4.28. The number of nitrogens with two attached hydrogens (primary N) is 1. The molecule has 0 aliphatic rings. The Balaban J connectivity index is 2.21. The molecule has 6 heteroatoms. The molecule has 2 N–H and O–H groups in total. The Morgan fingerprint density at radius 3 is 2.58 bits per heavy atom. The Morgan fingerprint density at radius 1 is 1.11 bits per heavy atom. The van der Waals surface area contributed by atoms with Crippen molar-refractivity contribution in [1.82, 2.24) is 14.4 Å². The van der Waals surface area contributed by atoms with Crippen molar-refractivity contribution in [3.8, 4) is 11.1 Å². The molecule has 0 aliphatic carbocycles. The van der Waals surface area contributed by atoms with Gasteiger partial charge in [0.1, 0.15) is 0 Å². The first-order valence-corrected chi connectivity index (χ1v) is 5.61. The van der Waals surface area contributed by atoms with Crippen molar-refractivity contribution in [2.45, 2.75) is 6.92 Å². The quantitative estimate of drug-likeness (QED) is 0.731. The maximum absolute atomic E-state index is 13.9. The summed E-state index contributed by atoms with van der Waals surface area (Å²) in [7, 11) is 0. The van der Waals surface area contributed by atoms with E-state index in [1.165, 1.54) is 18.3 Å². The largest absolute Gasteiger partial charge is 0.381 e. The van der Waals surface area contributed by atoms with Crippen LogP contribution < -0.4 is 5.73 Å². The second kappa shape index (κ2) is 4.01. The van der Waals surface area contributed by atoms with Gasteiger partial charge >= 0.3 is 0 Å². The van der Waals surface area contributed by atoms with E-state index < -0.39 is 11.6 Å². The van der Waals surface area contributed by atoms with Gasteiger partial charge in [0.2, 0.25) is 0 Å². The fourth-order valence-corrected chi connectivity index (χ4v) is 1.94. The van der Waals surface area contributed by atoms with E-state index >= 15 is 0 Å². The molecule has 0 radical (unpaired) electrons. The molecule has 0 aromatic carbocycles. The van der Waals surface area contributed by atoms with Crippen LogP contribution in [0.3, 0.4) is 0 Å². The fraction of sp³-hybridized carbons (Fsp3) is 0.0769. The van der Waals surface area contributed by atoms with Crippen LogP contribution in [0.25, 0.3) is 16.8 Å². The Hall–Kier alpha value is -2.50. The molecule has 3 rings (SSSR count). The molecule has 0 fully saturated rings. The van der Waals surface area contributed by atoms with Crippen molar-refractivity contribution in [2.75, 3.05) is 5.73 Å². The molecule has 19 heavy (non-hydrogen) atoms. The molecule has 0 amide bonds. The number of pyridine rings is 2. The summed E-state index contributed by atoms with van der Waals surface area (Å²) in [5, 5.41) is 0. The highest BCUT2D eigenvalue weighted by molar-refractivity contribution is 5.65. The summed E-state index contributed by atoms with van der Waals surface area (Å²) in [6.07, 6.45) is 4.77. The first kappa shape index (κ1) is 11.6. The van der Waals surface area contributed by atoms with E-state index in [9.17, 15) is 8.78 Å². The van der Waals surface area contributed by atoms with Crippen LogP contribution in [0.4, 0.5) is 14.6 Å². The van der Waals surface area contributed by atoms with Crippen LogP contribution in [0.2, 0.25) is 0 Å². The van der Waals surface area contributed by atoms with Gasteiger partial charge in [0.25, 0.3) is 0 Å². The molecule has 0 spiro atoms. The van der Waals surface area contributed by atoms with Crippen molar-refractivity contribution in [3.05, 3.63) is 48.1 Å². The lowest BCUT2D eigenvalue weighted by Crippen LogP contribution is -1.96. The maximum Gasteiger partial charge on any atom is 0.173 e. The molecule has 4 nitrogen and oxygen atoms in total. The Labute approximate surface area is 107 Å². The zero-order valence-corrected chi connectivity index (χ0v) is 10.1. The van der Waals surface area contributed by atoms with Crippen molar-refractivity contribution >= 4 is 11.5 Å². The van der Waals surface area contributed by atoms with Gasteiger partial charge in [-0.05, 0) is 19.1 Å². The van der Waals surface area contributed by atoms with Crippen LogP contribution >= 0.6 is 0 Å². The summed E-state index contributed by atoms with van der Waals surface area (Å²) in [5.74, 6) is -1.27. The van der Waals surface area contributed by atoms with Crippen LogP contribution in [0.15, 0.2) is 30.7 Å². The SMILES string of the molecule is Cc1cn2cc(-c3cnc(N)c(F)c3)cc(F)c2n1. The lowest BCUT2D eigenvalue weighted by atomic mass is 10.1. The van der Waals surface area contributed by atoms with Crippen LogP contribution in [-0.2, 0) is 0 Å². The highest BCUT2D eigenvalue weighted by Gasteiger charge is 2.10. The third-order valence-electron chi connectivity index (χ3n) is 2.83. The van der Waals surface area contributed by atoms with Crippen molar-refractivity contribution in [3.63, 3.8) is 0 Å². The minimum atomic E-state index is -0.625. The maximum atomic E-state index is 13.9. The summed E-state index contributed by atoms with van der Waals surface area (Å²) >= 11 is 0. The number of halogens is 2.